The highest BCUT2D eigenvalue weighted by Crippen LogP contribution is 2.30. The van der Waals surface area contributed by atoms with Crippen LogP contribution in [0, 0.1) is 0 Å². The maximum atomic E-state index is 5.54. The number of hydrazine groups is 1. The number of para-hydroxylation sites is 2. The SMILES string of the molecule is CCOc1ccccc1Nc1nc(NN)ncc1Br. The van der Waals surface area contributed by atoms with Crippen molar-refractivity contribution in [2.75, 3.05) is 17.3 Å². The van der Waals surface area contributed by atoms with Crippen LogP contribution in [0.25, 0.3) is 0 Å². The second-order valence-electron chi connectivity index (χ2n) is 3.59. The molecule has 0 saturated carbocycles. The zero-order chi connectivity index (χ0) is 13.7. The number of ether oxygens (including phenoxy) is 1. The van der Waals surface area contributed by atoms with Crippen molar-refractivity contribution in [3.05, 3.63) is 34.9 Å². The highest BCUT2D eigenvalue weighted by molar-refractivity contribution is 9.10. The van der Waals surface area contributed by atoms with Gasteiger partial charge in [-0.25, -0.2) is 10.8 Å². The van der Waals surface area contributed by atoms with Gasteiger partial charge in [0.2, 0.25) is 5.95 Å². The Balaban J connectivity index is 2.30. The van der Waals surface area contributed by atoms with Gasteiger partial charge in [0.1, 0.15) is 5.75 Å². The first kappa shape index (κ1) is 13.6. The largest absolute Gasteiger partial charge is 0.492 e. The first-order chi connectivity index (χ1) is 9.24. The standard InChI is InChI=1S/C12H14BrN5O/c1-2-19-10-6-4-3-5-9(10)16-11-8(13)7-15-12(17-11)18-14/h3-7H,2,14H2,1H3,(H2,15,16,17,18). The first-order valence-electron chi connectivity index (χ1n) is 5.72. The number of halogens is 1. The molecule has 0 amide bonds. The molecule has 1 aromatic heterocycles. The molecule has 0 unspecified atom stereocenters. The summed E-state index contributed by atoms with van der Waals surface area (Å²) in [7, 11) is 0. The molecular weight excluding hydrogens is 310 g/mol. The van der Waals surface area contributed by atoms with Crippen LogP contribution >= 0.6 is 15.9 Å². The van der Waals surface area contributed by atoms with Gasteiger partial charge in [0.25, 0.3) is 0 Å². The van der Waals surface area contributed by atoms with Crippen molar-refractivity contribution in [2.24, 2.45) is 5.84 Å². The molecule has 6 nitrogen and oxygen atoms in total. The number of nitrogens with zero attached hydrogens (tertiary/aromatic N) is 2. The number of nitrogens with two attached hydrogens (primary N) is 1. The van der Waals surface area contributed by atoms with E-state index in [1.165, 1.54) is 0 Å². The summed E-state index contributed by atoms with van der Waals surface area (Å²) < 4.78 is 6.28. The molecule has 2 rings (SSSR count). The summed E-state index contributed by atoms with van der Waals surface area (Å²) in [5.74, 6) is 7.00. The maximum absolute atomic E-state index is 5.54. The van der Waals surface area contributed by atoms with Crippen LogP contribution in [-0.2, 0) is 0 Å². The van der Waals surface area contributed by atoms with Gasteiger partial charge < -0.3 is 10.1 Å². The highest BCUT2D eigenvalue weighted by atomic mass is 79.9. The zero-order valence-corrected chi connectivity index (χ0v) is 11.9. The summed E-state index contributed by atoms with van der Waals surface area (Å²) in [4.78, 5) is 8.22. The molecule has 1 heterocycles. The van der Waals surface area contributed by atoms with Gasteiger partial charge in [0.15, 0.2) is 5.82 Å². The number of hydrogen-bond donors (Lipinski definition) is 3. The topological polar surface area (TPSA) is 85.1 Å². The summed E-state index contributed by atoms with van der Waals surface area (Å²) in [6, 6.07) is 7.64. The molecule has 0 aliphatic heterocycles. The average Bonchev–Trinajstić information content (AvgIpc) is 2.43. The third-order valence-electron chi connectivity index (χ3n) is 2.31. The average molecular weight is 324 g/mol. The molecule has 100 valence electrons. The predicted octanol–water partition coefficient (Wildman–Crippen LogP) is 2.67. The molecule has 0 aliphatic rings. The minimum Gasteiger partial charge on any atom is -0.492 e. The van der Waals surface area contributed by atoms with Crippen molar-refractivity contribution in [2.45, 2.75) is 6.92 Å². The van der Waals surface area contributed by atoms with Crippen molar-refractivity contribution < 1.29 is 4.74 Å². The molecule has 0 saturated heterocycles. The second kappa shape index (κ2) is 6.35. The number of nitrogens with one attached hydrogen (secondary N) is 2. The lowest BCUT2D eigenvalue weighted by Crippen LogP contribution is -2.11. The lowest BCUT2D eigenvalue weighted by molar-refractivity contribution is 0.342. The summed E-state index contributed by atoms with van der Waals surface area (Å²) in [5.41, 5.74) is 3.23. The fourth-order valence-corrected chi connectivity index (χ4v) is 1.79. The second-order valence-corrected chi connectivity index (χ2v) is 4.44. The molecular formula is C12H14BrN5O. The fraction of sp³-hybridized carbons (Fsp3) is 0.167. The van der Waals surface area contributed by atoms with E-state index in [0.717, 1.165) is 15.9 Å². The number of benzene rings is 1. The van der Waals surface area contributed by atoms with Crippen LogP contribution in [0.15, 0.2) is 34.9 Å². The van der Waals surface area contributed by atoms with Crippen LogP contribution in [0.2, 0.25) is 0 Å². The summed E-state index contributed by atoms with van der Waals surface area (Å²) in [5, 5.41) is 3.18. The van der Waals surface area contributed by atoms with Gasteiger partial charge in [-0.3, -0.25) is 5.43 Å². The minimum atomic E-state index is 0.333. The third kappa shape index (κ3) is 3.33. The van der Waals surface area contributed by atoms with E-state index in [-0.39, 0.29) is 0 Å². The number of anilines is 3. The van der Waals surface area contributed by atoms with Crippen molar-refractivity contribution in [1.29, 1.82) is 0 Å². The molecule has 4 N–H and O–H groups in total. The van der Waals surface area contributed by atoms with Crippen LogP contribution < -0.4 is 21.3 Å². The fourth-order valence-electron chi connectivity index (χ4n) is 1.50. The third-order valence-corrected chi connectivity index (χ3v) is 2.89. The Morgan fingerprint density at radius 2 is 2.16 bits per heavy atom. The number of nitrogen functional groups attached to an aromatic ring is 1. The Labute approximate surface area is 119 Å². The van der Waals surface area contributed by atoms with Crippen LogP contribution in [0.4, 0.5) is 17.5 Å². The van der Waals surface area contributed by atoms with Gasteiger partial charge in [0, 0.05) is 6.20 Å². The highest BCUT2D eigenvalue weighted by Gasteiger charge is 2.08. The maximum Gasteiger partial charge on any atom is 0.239 e. The first-order valence-corrected chi connectivity index (χ1v) is 6.52. The van der Waals surface area contributed by atoms with Gasteiger partial charge in [0.05, 0.1) is 16.8 Å². The Morgan fingerprint density at radius 1 is 1.37 bits per heavy atom. The monoisotopic (exact) mass is 323 g/mol. The molecule has 0 bridgehead atoms. The molecule has 0 spiro atoms. The molecule has 0 aliphatic carbocycles. The van der Waals surface area contributed by atoms with Crippen molar-refractivity contribution in [3.8, 4) is 5.75 Å². The van der Waals surface area contributed by atoms with Crippen LogP contribution in [0.3, 0.4) is 0 Å². The lowest BCUT2D eigenvalue weighted by Gasteiger charge is -2.13. The molecule has 0 atom stereocenters. The van der Waals surface area contributed by atoms with Gasteiger partial charge in [-0.05, 0) is 35.0 Å². The van der Waals surface area contributed by atoms with Gasteiger partial charge in [-0.15, -0.1) is 0 Å². The van der Waals surface area contributed by atoms with Crippen molar-refractivity contribution in [3.63, 3.8) is 0 Å². The van der Waals surface area contributed by atoms with Crippen molar-refractivity contribution >= 4 is 33.4 Å². The number of rotatable bonds is 5. The van der Waals surface area contributed by atoms with Crippen molar-refractivity contribution in [1.82, 2.24) is 9.97 Å². The molecule has 19 heavy (non-hydrogen) atoms. The van der Waals surface area contributed by atoms with Crippen LogP contribution in [0.1, 0.15) is 6.92 Å². The van der Waals surface area contributed by atoms with E-state index in [2.05, 4.69) is 36.6 Å². The predicted molar refractivity (Wildman–Crippen MR) is 78.4 cm³/mol. The molecule has 7 heteroatoms. The molecule has 0 fully saturated rings. The minimum absolute atomic E-state index is 0.333. The van der Waals surface area contributed by atoms with Gasteiger partial charge in [-0.2, -0.15) is 4.98 Å². The van der Waals surface area contributed by atoms with Crippen LogP contribution in [-0.4, -0.2) is 16.6 Å². The van der Waals surface area contributed by atoms with E-state index in [4.69, 9.17) is 10.6 Å². The van der Waals surface area contributed by atoms with Gasteiger partial charge >= 0.3 is 0 Å². The van der Waals surface area contributed by atoms with E-state index in [1.54, 1.807) is 6.20 Å². The number of hydrogen-bond acceptors (Lipinski definition) is 6. The Hall–Kier alpha value is -1.86. The van der Waals surface area contributed by atoms with E-state index >= 15 is 0 Å². The molecule has 0 radical (unpaired) electrons. The Bertz CT molecular complexity index is 564. The smallest absolute Gasteiger partial charge is 0.239 e. The summed E-state index contributed by atoms with van der Waals surface area (Å²) >= 11 is 3.38. The van der Waals surface area contributed by atoms with E-state index < -0.39 is 0 Å². The normalized spacial score (nSPS) is 10.1. The quantitative estimate of drug-likeness (QED) is 0.579. The van der Waals surface area contributed by atoms with E-state index in [1.807, 2.05) is 31.2 Å². The Kier molecular flexibility index (Phi) is 4.53. The Morgan fingerprint density at radius 3 is 2.89 bits per heavy atom. The number of aromatic nitrogens is 2. The van der Waals surface area contributed by atoms with Gasteiger partial charge in [-0.1, -0.05) is 12.1 Å². The molecule has 1 aromatic carbocycles. The summed E-state index contributed by atoms with van der Waals surface area (Å²) in [6.45, 7) is 2.53. The van der Waals surface area contributed by atoms with E-state index in [0.29, 0.717) is 18.4 Å². The summed E-state index contributed by atoms with van der Waals surface area (Å²) in [6.07, 6.45) is 1.62. The lowest BCUT2D eigenvalue weighted by atomic mass is 10.3. The zero-order valence-electron chi connectivity index (χ0n) is 10.4. The van der Waals surface area contributed by atoms with E-state index in [9.17, 15) is 0 Å². The van der Waals surface area contributed by atoms with Crippen LogP contribution in [0.5, 0.6) is 5.75 Å². The molecule has 2 aromatic rings.